The number of imide groups is 1. The number of pyridine rings is 1. The number of carbonyl (C=O) groups excluding carboxylic acids is 2. The molecular formula is C14H16N2O3. The fourth-order valence-corrected chi connectivity index (χ4v) is 2.82. The lowest BCUT2D eigenvalue weighted by molar-refractivity contribution is -0.136. The lowest BCUT2D eigenvalue weighted by Crippen LogP contribution is -2.39. The minimum absolute atomic E-state index is 0.161. The number of ether oxygens (including phenoxy) is 1. The molecule has 1 aliphatic heterocycles. The molecule has 19 heavy (non-hydrogen) atoms. The zero-order valence-electron chi connectivity index (χ0n) is 10.7. The fourth-order valence-electron chi connectivity index (χ4n) is 2.82. The molecule has 1 aromatic heterocycles. The van der Waals surface area contributed by atoms with Crippen LogP contribution < -0.4 is 0 Å². The lowest BCUT2D eigenvalue weighted by atomic mass is 10.0. The fraction of sp³-hybridized carbons (Fsp3) is 0.500. The van der Waals surface area contributed by atoms with Gasteiger partial charge in [-0.05, 0) is 37.8 Å². The molecular weight excluding hydrogens is 244 g/mol. The normalized spacial score (nSPS) is 21.2. The van der Waals surface area contributed by atoms with E-state index in [0.717, 1.165) is 18.5 Å². The van der Waals surface area contributed by atoms with Crippen molar-refractivity contribution in [3.8, 4) is 0 Å². The van der Waals surface area contributed by atoms with Crippen molar-refractivity contribution in [1.29, 1.82) is 0 Å². The maximum absolute atomic E-state index is 12.3. The first-order valence-corrected chi connectivity index (χ1v) is 6.66. The Balaban J connectivity index is 1.68. The van der Waals surface area contributed by atoms with Gasteiger partial charge < -0.3 is 4.74 Å². The molecule has 1 saturated carbocycles. The molecule has 0 bridgehead atoms. The van der Waals surface area contributed by atoms with Gasteiger partial charge in [-0.3, -0.25) is 9.78 Å². The Hall–Kier alpha value is -1.91. The van der Waals surface area contributed by atoms with Crippen molar-refractivity contribution in [1.82, 2.24) is 9.88 Å². The van der Waals surface area contributed by atoms with Crippen LogP contribution in [0.3, 0.4) is 0 Å². The zero-order chi connectivity index (χ0) is 13.3. The van der Waals surface area contributed by atoms with Crippen molar-refractivity contribution in [3.05, 3.63) is 30.1 Å². The molecule has 2 heterocycles. The van der Waals surface area contributed by atoms with E-state index in [1.165, 1.54) is 4.90 Å². The molecule has 100 valence electrons. The highest BCUT2D eigenvalue weighted by atomic mass is 16.6. The highest BCUT2D eigenvalue weighted by Crippen LogP contribution is 2.39. The summed E-state index contributed by atoms with van der Waals surface area (Å²) in [6.45, 7) is 0.344. The van der Waals surface area contributed by atoms with Gasteiger partial charge in [-0.2, -0.15) is 0 Å². The lowest BCUT2D eigenvalue weighted by Gasteiger charge is -2.17. The van der Waals surface area contributed by atoms with E-state index in [-0.39, 0.29) is 5.91 Å². The molecule has 1 aliphatic carbocycles. The minimum atomic E-state index is -0.846. The summed E-state index contributed by atoms with van der Waals surface area (Å²) in [7, 11) is 0. The van der Waals surface area contributed by atoms with Gasteiger partial charge in [0.25, 0.3) is 5.91 Å². The molecule has 0 unspecified atom stereocenters. The van der Waals surface area contributed by atoms with Crippen LogP contribution in [-0.4, -0.2) is 34.0 Å². The largest absolute Gasteiger partial charge is 0.432 e. The average molecular weight is 260 g/mol. The van der Waals surface area contributed by atoms with Gasteiger partial charge in [-0.15, -0.1) is 0 Å². The molecule has 5 nitrogen and oxygen atoms in total. The predicted molar refractivity (Wildman–Crippen MR) is 67.3 cm³/mol. The van der Waals surface area contributed by atoms with Gasteiger partial charge in [0, 0.05) is 24.9 Å². The Bertz CT molecular complexity index is 495. The summed E-state index contributed by atoms with van der Waals surface area (Å²) in [5, 5.41) is 0. The van der Waals surface area contributed by atoms with Crippen LogP contribution in [0.15, 0.2) is 24.4 Å². The summed E-state index contributed by atoms with van der Waals surface area (Å²) in [5.74, 6) is -0.161. The van der Waals surface area contributed by atoms with E-state index in [2.05, 4.69) is 4.98 Å². The Morgan fingerprint density at radius 1 is 1.26 bits per heavy atom. The first-order chi connectivity index (χ1) is 9.21. The Morgan fingerprint density at radius 3 is 2.74 bits per heavy atom. The maximum atomic E-state index is 12.3. The van der Waals surface area contributed by atoms with E-state index < -0.39 is 11.7 Å². The van der Waals surface area contributed by atoms with Crippen LogP contribution in [0.25, 0.3) is 0 Å². The monoisotopic (exact) mass is 260 g/mol. The zero-order valence-corrected chi connectivity index (χ0v) is 10.7. The number of rotatable bonds is 3. The molecule has 1 saturated heterocycles. The van der Waals surface area contributed by atoms with Gasteiger partial charge in [-0.1, -0.05) is 6.07 Å². The van der Waals surface area contributed by atoms with Crippen molar-refractivity contribution in [2.24, 2.45) is 0 Å². The highest BCUT2D eigenvalue weighted by molar-refractivity contribution is 6.03. The summed E-state index contributed by atoms with van der Waals surface area (Å²) in [6.07, 6.45) is 5.01. The second kappa shape index (κ2) is 4.64. The van der Waals surface area contributed by atoms with Crippen LogP contribution in [0.4, 0.5) is 4.79 Å². The summed E-state index contributed by atoms with van der Waals surface area (Å²) in [4.78, 5) is 29.6. The molecule has 2 amide bonds. The maximum Gasteiger partial charge on any atom is 0.417 e. The van der Waals surface area contributed by atoms with Gasteiger partial charge in [0.15, 0.2) is 5.60 Å². The second-order valence-electron chi connectivity index (χ2n) is 5.10. The van der Waals surface area contributed by atoms with Crippen LogP contribution in [-0.2, 0) is 16.0 Å². The SMILES string of the molecule is O=C1OC2(CCCC2)C(=O)N1CCc1ccccn1. The Kier molecular flexibility index (Phi) is 2.97. The van der Waals surface area contributed by atoms with Crippen LogP contribution >= 0.6 is 0 Å². The van der Waals surface area contributed by atoms with Crippen molar-refractivity contribution < 1.29 is 14.3 Å². The molecule has 0 N–H and O–H groups in total. The topological polar surface area (TPSA) is 59.5 Å². The minimum Gasteiger partial charge on any atom is -0.432 e. The third kappa shape index (κ3) is 2.09. The number of hydrogen-bond donors (Lipinski definition) is 0. The second-order valence-corrected chi connectivity index (χ2v) is 5.10. The number of hydrogen-bond acceptors (Lipinski definition) is 4. The molecule has 1 aromatic rings. The predicted octanol–water partition coefficient (Wildman–Crippen LogP) is 1.92. The van der Waals surface area contributed by atoms with E-state index in [1.807, 2.05) is 18.2 Å². The average Bonchev–Trinajstić information content (AvgIpc) is 2.97. The standard InChI is InChI=1S/C14H16N2O3/c17-12-14(7-2-3-8-14)19-13(18)16(12)10-6-11-5-1-4-9-15-11/h1,4-5,9H,2-3,6-8,10H2. The van der Waals surface area contributed by atoms with Gasteiger partial charge >= 0.3 is 6.09 Å². The number of aromatic nitrogens is 1. The molecule has 1 spiro atoms. The third-order valence-electron chi connectivity index (χ3n) is 3.87. The Labute approximate surface area is 111 Å². The van der Waals surface area contributed by atoms with E-state index in [4.69, 9.17) is 4.74 Å². The number of amides is 2. The molecule has 2 fully saturated rings. The molecule has 5 heteroatoms. The van der Waals surface area contributed by atoms with Crippen molar-refractivity contribution in [3.63, 3.8) is 0 Å². The van der Waals surface area contributed by atoms with Gasteiger partial charge in [0.2, 0.25) is 0 Å². The third-order valence-corrected chi connectivity index (χ3v) is 3.87. The van der Waals surface area contributed by atoms with E-state index in [1.54, 1.807) is 6.20 Å². The van der Waals surface area contributed by atoms with Crippen molar-refractivity contribution in [2.45, 2.75) is 37.7 Å². The first kappa shape index (κ1) is 12.1. The molecule has 0 radical (unpaired) electrons. The summed E-state index contributed by atoms with van der Waals surface area (Å²) >= 11 is 0. The van der Waals surface area contributed by atoms with Gasteiger partial charge in [-0.25, -0.2) is 9.69 Å². The molecule has 3 rings (SSSR count). The highest BCUT2D eigenvalue weighted by Gasteiger charge is 2.54. The van der Waals surface area contributed by atoms with Gasteiger partial charge in [0.05, 0.1) is 0 Å². The summed E-state index contributed by atoms with van der Waals surface area (Å²) in [6, 6.07) is 5.62. The Morgan fingerprint density at radius 2 is 2.05 bits per heavy atom. The number of nitrogens with zero attached hydrogens (tertiary/aromatic N) is 2. The van der Waals surface area contributed by atoms with E-state index in [0.29, 0.717) is 25.8 Å². The van der Waals surface area contributed by atoms with Crippen LogP contribution in [0.2, 0.25) is 0 Å². The van der Waals surface area contributed by atoms with Crippen LogP contribution in [0.5, 0.6) is 0 Å². The summed E-state index contributed by atoms with van der Waals surface area (Å²) < 4.78 is 5.34. The molecule has 0 aromatic carbocycles. The van der Waals surface area contributed by atoms with Crippen LogP contribution in [0, 0.1) is 0 Å². The first-order valence-electron chi connectivity index (χ1n) is 6.66. The van der Waals surface area contributed by atoms with E-state index in [9.17, 15) is 9.59 Å². The molecule has 0 atom stereocenters. The number of carbonyl (C=O) groups is 2. The van der Waals surface area contributed by atoms with Crippen LogP contribution in [0.1, 0.15) is 31.4 Å². The van der Waals surface area contributed by atoms with Crippen molar-refractivity contribution >= 4 is 12.0 Å². The summed E-state index contributed by atoms with van der Waals surface area (Å²) in [5.41, 5.74) is 0.0248. The van der Waals surface area contributed by atoms with Crippen molar-refractivity contribution in [2.75, 3.05) is 6.54 Å². The smallest absolute Gasteiger partial charge is 0.417 e. The molecule has 2 aliphatic rings. The van der Waals surface area contributed by atoms with Gasteiger partial charge in [0.1, 0.15) is 0 Å². The quantitative estimate of drug-likeness (QED) is 0.833. The van der Waals surface area contributed by atoms with E-state index >= 15 is 0 Å².